The molecule has 0 N–H and O–H groups in total. The number of nitrogens with zero attached hydrogens (tertiary/aromatic N) is 3. The first-order valence-electron chi connectivity index (χ1n) is 8.44. The largest absolute Gasteiger partial charge is 0.344 e. The molecule has 3 aromatic rings. The average Bonchev–Trinajstić information content (AvgIpc) is 3.18. The van der Waals surface area contributed by atoms with Crippen LogP contribution in [-0.4, -0.2) is 34.0 Å². The Labute approximate surface area is 149 Å². The highest BCUT2D eigenvalue weighted by atomic mass is 32.1. The number of rotatable bonds is 3. The molecule has 0 aliphatic carbocycles. The number of carbonyl (C=O) groups is 1. The lowest BCUT2D eigenvalue weighted by Crippen LogP contribution is -2.31. The van der Waals surface area contributed by atoms with E-state index in [1.54, 1.807) is 23.3 Å². The number of amides is 1. The second kappa shape index (κ2) is 6.11. The number of benzene rings is 1. The van der Waals surface area contributed by atoms with E-state index in [4.69, 9.17) is 0 Å². The molecular formula is C19H19N3O2S. The Kier molecular flexibility index (Phi) is 3.92. The smallest absolute Gasteiger partial charge is 0.263 e. The third-order valence-electron chi connectivity index (χ3n) is 4.83. The molecule has 6 heteroatoms. The van der Waals surface area contributed by atoms with Crippen molar-refractivity contribution in [3.05, 3.63) is 51.9 Å². The van der Waals surface area contributed by atoms with E-state index in [9.17, 15) is 9.59 Å². The fourth-order valence-corrected chi connectivity index (χ4v) is 4.58. The molecule has 128 valence electrons. The van der Waals surface area contributed by atoms with Crippen molar-refractivity contribution >= 4 is 27.5 Å². The normalized spacial score (nSPS) is 17.6. The summed E-state index contributed by atoms with van der Waals surface area (Å²) in [4.78, 5) is 33.7. The van der Waals surface area contributed by atoms with Crippen molar-refractivity contribution in [1.82, 2.24) is 14.5 Å². The minimum absolute atomic E-state index is 0.0181. The molecule has 25 heavy (non-hydrogen) atoms. The molecule has 1 amide bonds. The number of hydrogen-bond acceptors (Lipinski definition) is 4. The fraction of sp³-hybridized carbons (Fsp3) is 0.316. The number of thiophene rings is 1. The van der Waals surface area contributed by atoms with Crippen LogP contribution in [0.5, 0.6) is 0 Å². The minimum atomic E-state index is -0.442. The van der Waals surface area contributed by atoms with Gasteiger partial charge < -0.3 is 4.90 Å². The van der Waals surface area contributed by atoms with Crippen LogP contribution >= 0.6 is 11.3 Å². The van der Waals surface area contributed by atoms with Gasteiger partial charge in [-0.05, 0) is 18.4 Å². The molecule has 1 aliphatic heterocycles. The van der Waals surface area contributed by atoms with E-state index in [2.05, 4.69) is 11.9 Å². The lowest BCUT2D eigenvalue weighted by atomic mass is 10.0. The molecule has 1 saturated heterocycles. The molecule has 1 fully saturated rings. The number of likely N-dealkylation sites (N-methyl/N-ethyl adjacent to an activating group) is 1. The van der Waals surface area contributed by atoms with Crippen molar-refractivity contribution in [3.8, 4) is 11.1 Å². The number of aryl methyl sites for hydroxylation is 1. The summed E-state index contributed by atoms with van der Waals surface area (Å²) >= 11 is 1.57. The summed E-state index contributed by atoms with van der Waals surface area (Å²) in [6, 6.07) is 9.51. The van der Waals surface area contributed by atoms with Crippen molar-refractivity contribution in [2.75, 3.05) is 13.6 Å². The zero-order chi connectivity index (χ0) is 17.6. The molecule has 0 radical (unpaired) electrons. The van der Waals surface area contributed by atoms with Crippen LogP contribution in [0, 0.1) is 0 Å². The van der Waals surface area contributed by atoms with Crippen molar-refractivity contribution in [3.63, 3.8) is 0 Å². The van der Waals surface area contributed by atoms with Crippen molar-refractivity contribution in [2.45, 2.75) is 25.8 Å². The lowest BCUT2D eigenvalue weighted by Gasteiger charge is -2.13. The molecule has 5 nitrogen and oxygen atoms in total. The van der Waals surface area contributed by atoms with Crippen LogP contribution in [0.15, 0.2) is 41.5 Å². The van der Waals surface area contributed by atoms with Gasteiger partial charge >= 0.3 is 0 Å². The molecule has 0 spiro atoms. The molecule has 0 saturated carbocycles. The second-order valence-electron chi connectivity index (χ2n) is 6.32. The third-order valence-corrected chi connectivity index (χ3v) is 6.07. The van der Waals surface area contributed by atoms with Crippen LogP contribution in [0.1, 0.15) is 24.3 Å². The predicted octanol–water partition coefficient (Wildman–Crippen LogP) is 3.09. The molecule has 1 aliphatic rings. The van der Waals surface area contributed by atoms with E-state index < -0.39 is 6.04 Å². The third kappa shape index (κ3) is 2.48. The van der Waals surface area contributed by atoms with Crippen molar-refractivity contribution in [2.24, 2.45) is 0 Å². The summed E-state index contributed by atoms with van der Waals surface area (Å²) in [5.41, 5.74) is 1.87. The lowest BCUT2D eigenvalue weighted by molar-refractivity contribution is -0.129. The highest BCUT2D eigenvalue weighted by Crippen LogP contribution is 2.36. The van der Waals surface area contributed by atoms with Gasteiger partial charge in [0.05, 0.1) is 11.7 Å². The number of fused-ring (bicyclic) bond motifs is 1. The molecule has 0 bridgehead atoms. The number of likely N-dealkylation sites (tertiary alicyclic amines) is 1. The number of carbonyl (C=O) groups excluding carboxylic acids is 1. The Morgan fingerprint density at radius 2 is 2.00 bits per heavy atom. The van der Waals surface area contributed by atoms with Gasteiger partial charge in [0.1, 0.15) is 10.9 Å². The van der Waals surface area contributed by atoms with E-state index in [-0.39, 0.29) is 11.5 Å². The zero-order valence-electron chi connectivity index (χ0n) is 14.2. The molecule has 1 aromatic carbocycles. The van der Waals surface area contributed by atoms with E-state index >= 15 is 0 Å². The monoisotopic (exact) mass is 353 g/mol. The summed E-state index contributed by atoms with van der Waals surface area (Å²) in [6.07, 6.45) is 3.03. The first-order valence-corrected chi connectivity index (χ1v) is 9.26. The summed E-state index contributed by atoms with van der Waals surface area (Å²) in [6.45, 7) is 2.76. The fourth-order valence-electron chi connectivity index (χ4n) is 3.49. The maximum atomic E-state index is 13.2. The zero-order valence-corrected chi connectivity index (χ0v) is 15.0. The van der Waals surface area contributed by atoms with E-state index in [1.807, 2.05) is 30.3 Å². The quantitative estimate of drug-likeness (QED) is 0.727. The van der Waals surface area contributed by atoms with Gasteiger partial charge in [0.25, 0.3) is 5.56 Å². The van der Waals surface area contributed by atoms with Crippen LogP contribution in [0.4, 0.5) is 0 Å². The summed E-state index contributed by atoms with van der Waals surface area (Å²) in [7, 11) is 1.77. The van der Waals surface area contributed by atoms with Gasteiger partial charge in [0, 0.05) is 24.0 Å². The Bertz CT molecular complexity index is 1010. The summed E-state index contributed by atoms with van der Waals surface area (Å²) < 4.78 is 1.52. The highest BCUT2D eigenvalue weighted by molar-refractivity contribution is 7.19. The Morgan fingerprint density at radius 1 is 1.24 bits per heavy atom. The van der Waals surface area contributed by atoms with Crippen molar-refractivity contribution < 1.29 is 4.79 Å². The van der Waals surface area contributed by atoms with Crippen LogP contribution < -0.4 is 5.56 Å². The van der Waals surface area contributed by atoms with Crippen molar-refractivity contribution in [1.29, 1.82) is 0 Å². The topological polar surface area (TPSA) is 55.2 Å². The Hall–Kier alpha value is -2.47. The van der Waals surface area contributed by atoms with Gasteiger partial charge in [0.2, 0.25) is 5.91 Å². The van der Waals surface area contributed by atoms with Gasteiger partial charge in [-0.15, -0.1) is 11.3 Å². The molecule has 4 rings (SSSR count). The Balaban J connectivity index is 1.98. The molecule has 1 atom stereocenters. The van der Waals surface area contributed by atoms with Crippen LogP contribution in [0.25, 0.3) is 21.3 Å². The van der Waals surface area contributed by atoms with Crippen LogP contribution in [-0.2, 0) is 11.2 Å². The molecule has 3 heterocycles. The van der Waals surface area contributed by atoms with Crippen LogP contribution in [0.2, 0.25) is 0 Å². The van der Waals surface area contributed by atoms with E-state index in [1.165, 1.54) is 10.9 Å². The van der Waals surface area contributed by atoms with Gasteiger partial charge in [-0.2, -0.15) is 0 Å². The standard InChI is InChI=1S/C19H19N3O2S/c1-3-14-15(12-7-5-4-6-8-12)16-17(25-14)20-11-22(19(16)24)13-9-10-21(2)18(13)23/h4-8,11,13H,3,9-10H2,1-2H3/t13-/m0/s1. The first kappa shape index (κ1) is 16.0. The average molecular weight is 353 g/mol. The molecule has 2 aromatic heterocycles. The number of hydrogen-bond donors (Lipinski definition) is 0. The maximum absolute atomic E-state index is 13.2. The minimum Gasteiger partial charge on any atom is -0.344 e. The summed E-state index contributed by atoms with van der Waals surface area (Å²) in [5, 5.41) is 0.637. The highest BCUT2D eigenvalue weighted by Gasteiger charge is 2.32. The SMILES string of the molecule is CCc1sc2ncn([C@H]3CCN(C)C3=O)c(=O)c2c1-c1ccccc1. The number of aromatic nitrogens is 2. The van der Waals surface area contributed by atoms with Crippen LogP contribution in [0.3, 0.4) is 0 Å². The van der Waals surface area contributed by atoms with E-state index in [0.717, 1.165) is 27.3 Å². The summed E-state index contributed by atoms with van der Waals surface area (Å²) in [5.74, 6) is -0.0181. The second-order valence-corrected chi connectivity index (χ2v) is 7.40. The van der Waals surface area contributed by atoms with Gasteiger partial charge in [-0.1, -0.05) is 37.3 Å². The Morgan fingerprint density at radius 3 is 2.64 bits per heavy atom. The van der Waals surface area contributed by atoms with Gasteiger partial charge in [0.15, 0.2) is 0 Å². The molecule has 0 unspecified atom stereocenters. The maximum Gasteiger partial charge on any atom is 0.263 e. The van der Waals surface area contributed by atoms with Gasteiger partial charge in [-0.3, -0.25) is 14.2 Å². The first-order chi connectivity index (χ1) is 12.1. The molecular weight excluding hydrogens is 334 g/mol. The van der Waals surface area contributed by atoms with Gasteiger partial charge in [-0.25, -0.2) is 4.98 Å². The van der Waals surface area contributed by atoms with E-state index in [0.29, 0.717) is 18.4 Å². The predicted molar refractivity (Wildman–Crippen MR) is 100.0 cm³/mol.